The summed E-state index contributed by atoms with van der Waals surface area (Å²) in [6.45, 7) is 6.88. The first-order valence-electron chi connectivity index (χ1n) is 10.0. The lowest BCUT2D eigenvalue weighted by molar-refractivity contribution is -0.132. The van der Waals surface area contributed by atoms with E-state index in [1.807, 2.05) is 28.5 Å². The number of hydrogen-bond donors (Lipinski definition) is 0. The van der Waals surface area contributed by atoms with Gasteiger partial charge in [-0.3, -0.25) is 9.69 Å². The number of nitrogens with zero attached hydrogens (tertiary/aromatic N) is 4. The van der Waals surface area contributed by atoms with Gasteiger partial charge in [-0.25, -0.2) is 4.98 Å². The molecule has 0 N–H and O–H groups in total. The molecule has 1 atom stereocenters. The molecule has 0 saturated carbocycles. The van der Waals surface area contributed by atoms with Crippen molar-refractivity contribution in [1.29, 1.82) is 5.26 Å². The summed E-state index contributed by atoms with van der Waals surface area (Å²) in [5, 5.41) is 12.2. The third-order valence-corrected chi connectivity index (χ3v) is 6.28. The number of aromatic nitrogens is 1. The fourth-order valence-electron chi connectivity index (χ4n) is 3.66. The highest BCUT2D eigenvalue weighted by molar-refractivity contribution is 7.13. The Balaban J connectivity index is 1.60. The molecule has 3 rings (SSSR count). The maximum atomic E-state index is 12.7. The van der Waals surface area contributed by atoms with Gasteiger partial charge in [-0.15, -0.1) is 11.3 Å². The molecule has 0 radical (unpaired) electrons. The maximum Gasteiger partial charge on any atom is 0.228 e. The zero-order chi connectivity index (χ0) is 21.7. The predicted octanol–water partition coefficient (Wildman–Crippen LogP) is 3.06. The van der Waals surface area contributed by atoms with Crippen LogP contribution >= 0.6 is 11.3 Å². The number of benzene rings is 1. The van der Waals surface area contributed by atoms with Crippen molar-refractivity contribution in [2.24, 2.45) is 5.92 Å². The second kappa shape index (κ2) is 9.92. The van der Waals surface area contributed by atoms with Gasteiger partial charge >= 0.3 is 0 Å². The van der Waals surface area contributed by atoms with Crippen LogP contribution in [-0.4, -0.2) is 67.1 Å². The molecule has 8 heteroatoms. The molecular formula is C22H28N4O3S. The lowest BCUT2D eigenvalue weighted by atomic mass is 10.0. The zero-order valence-electron chi connectivity index (χ0n) is 17.9. The lowest BCUT2D eigenvalue weighted by Crippen LogP contribution is -2.53. The SMILES string of the molecule is COc1ccc(-c2nc(CC(=O)N3CCN(C(C#N)C(C)C)CC3)cs2)cc1OC. The number of nitriles is 1. The number of piperazine rings is 1. The van der Waals surface area contributed by atoms with Gasteiger partial charge in [-0.1, -0.05) is 13.8 Å². The Morgan fingerprint density at radius 2 is 1.90 bits per heavy atom. The summed E-state index contributed by atoms with van der Waals surface area (Å²) >= 11 is 1.51. The van der Waals surface area contributed by atoms with Gasteiger partial charge in [0.2, 0.25) is 5.91 Å². The number of hydrogen-bond acceptors (Lipinski definition) is 7. The molecule has 30 heavy (non-hydrogen) atoms. The van der Waals surface area contributed by atoms with Gasteiger partial charge in [0.1, 0.15) is 11.0 Å². The third kappa shape index (κ3) is 4.91. The average molecular weight is 429 g/mol. The molecular weight excluding hydrogens is 400 g/mol. The first kappa shape index (κ1) is 22.1. The Hall–Kier alpha value is -2.63. The molecule has 2 aromatic rings. The van der Waals surface area contributed by atoms with E-state index >= 15 is 0 Å². The fourth-order valence-corrected chi connectivity index (χ4v) is 4.48. The number of thiazole rings is 1. The summed E-state index contributed by atoms with van der Waals surface area (Å²) < 4.78 is 10.6. The zero-order valence-corrected chi connectivity index (χ0v) is 18.7. The molecule has 0 aliphatic carbocycles. The summed E-state index contributed by atoms with van der Waals surface area (Å²) in [6.07, 6.45) is 0.287. The van der Waals surface area contributed by atoms with E-state index in [-0.39, 0.29) is 24.3 Å². The van der Waals surface area contributed by atoms with E-state index in [2.05, 4.69) is 29.8 Å². The summed E-state index contributed by atoms with van der Waals surface area (Å²) in [4.78, 5) is 21.4. The molecule has 7 nitrogen and oxygen atoms in total. The number of carbonyl (C=O) groups is 1. The second-order valence-corrected chi connectivity index (χ2v) is 8.48. The Morgan fingerprint density at radius 1 is 1.20 bits per heavy atom. The highest BCUT2D eigenvalue weighted by Gasteiger charge is 2.28. The summed E-state index contributed by atoms with van der Waals surface area (Å²) in [5.41, 5.74) is 1.70. The smallest absolute Gasteiger partial charge is 0.228 e. The van der Waals surface area contributed by atoms with Gasteiger partial charge < -0.3 is 14.4 Å². The molecule has 0 bridgehead atoms. The van der Waals surface area contributed by atoms with Crippen molar-refractivity contribution < 1.29 is 14.3 Å². The fraction of sp³-hybridized carbons (Fsp3) is 0.500. The third-order valence-electron chi connectivity index (χ3n) is 5.34. The van der Waals surface area contributed by atoms with Crippen LogP contribution in [0, 0.1) is 17.2 Å². The van der Waals surface area contributed by atoms with E-state index in [1.165, 1.54) is 11.3 Å². The van der Waals surface area contributed by atoms with Crippen LogP contribution in [-0.2, 0) is 11.2 Å². The van der Waals surface area contributed by atoms with Crippen LogP contribution in [0.1, 0.15) is 19.5 Å². The van der Waals surface area contributed by atoms with Crippen LogP contribution in [0.15, 0.2) is 23.6 Å². The molecule has 1 unspecified atom stereocenters. The number of carbonyl (C=O) groups excluding carboxylic acids is 1. The minimum atomic E-state index is -0.0927. The number of methoxy groups -OCH3 is 2. The monoisotopic (exact) mass is 428 g/mol. The van der Waals surface area contributed by atoms with Crippen LogP contribution < -0.4 is 9.47 Å². The van der Waals surface area contributed by atoms with Gasteiger partial charge in [0.05, 0.1) is 32.4 Å². The van der Waals surface area contributed by atoms with E-state index in [9.17, 15) is 10.1 Å². The molecule has 1 aliphatic rings. The van der Waals surface area contributed by atoms with Gasteiger partial charge in [0, 0.05) is 37.1 Å². The van der Waals surface area contributed by atoms with Crippen molar-refractivity contribution in [2.75, 3.05) is 40.4 Å². The van der Waals surface area contributed by atoms with Gasteiger partial charge in [-0.05, 0) is 24.1 Å². The van der Waals surface area contributed by atoms with Gasteiger partial charge in [0.15, 0.2) is 11.5 Å². The molecule has 160 valence electrons. The van der Waals surface area contributed by atoms with Crippen molar-refractivity contribution in [1.82, 2.24) is 14.8 Å². The van der Waals surface area contributed by atoms with Crippen LogP contribution in [0.4, 0.5) is 0 Å². The summed E-state index contributed by atoms with van der Waals surface area (Å²) in [6, 6.07) is 7.97. The summed E-state index contributed by atoms with van der Waals surface area (Å²) in [5.74, 6) is 1.68. The van der Waals surface area contributed by atoms with Crippen molar-refractivity contribution in [3.05, 3.63) is 29.3 Å². The first-order chi connectivity index (χ1) is 14.5. The minimum absolute atomic E-state index is 0.0804. The van der Waals surface area contributed by atoms with E-state index < -0.39 is 0 Å². The standard InChI is InChI=1S/C22H28N4O3S/c1-15(2)18(13-23)25-7-9-26(10-8-25)21(27)12-17-14-30-22(24-17)16-5-6-19(28-3)20(11-16)29-4/h5-6,11,14-15,18H,7-10,12H2,1-4H3. The molecule has 0 spiro atoms. The van der Waals surface area contributed by atoms with Gasteiger partial charge in [-0.2, -0.15) is 5.26 Å². The molecule has 1 fully saturated rings. The molecule has 1 saturated heterocycles. The topological polar surface area (TPSA) is 78.7 Å². The number of amides is 1. The number of ether oxygens (including phenoxy) is 2. The van der Waals surface area contributed by atoms with Crippen molar-refractivity contribution >= 4 is 17.2 Å². The van der Waals surface area contributed by atoms with E-state index in [0.717, 1.165) is 29.4 Å². The Bertz CT molecular complexity index is 913. The van der Waals surface area contributed by atoms with Crippen LogP contribution in [0.25, 0.3) is 10.6 Å². The lowest BCUT2D eigenvalue weighted by Gasteiger charge is -2.38. The Labute approximate surface area is 181 Å². The van der Waals surface area contributed by atoms with E-state index in [0.29, 0.717) is 24.6 Å². The maximum absolute atomic E-state index is 12.7. The van der Waals surface area contributed by atoms with E-state index in [4.69, 9.17) is 9.47 Å². The molecule has 1 amide bonds. The van der Waals surface area contributed by atoms with Crippen LogP contribution in [0.2, 0.25) is 0 Å². The van der Waals surface area contributed by atoms with Crippen molar-refractivity contribution in [3.63, 3.8) is 0 Å². The largest absolute Gasteiger partial charge is 0.493 e. The number of rotatable bonds is 7. The van der Waals surface area contributed by atoms with Gasteiger partial charge in [0.25, 0.3) is 0 Å². The Morgan fingerprint density at radius 3 is 2.50 bits per heavy atom. The quantitative estimate of drug-likeness (QED) is 0.674. The average Bonchev–Trinajstić information content (AvgIpc) is 3.22. The highest BCUT2D eigenvalue weighted by Crippen LogP contribution is 2.33. The van der Waals surface area contributed by atoms with Crippen LogP contribution in [0.5, 0.6) is 11.5 Å². The first-order valence-corrected chi connectivity index (χ1v) is 10.9. The van der Waals surface area contributed by atoms with Crippen LogP contribution in [0.3, 0.4) is 0 Å². The van der Waals surface area contributed by atoms with E-state index in [1.54, 1.807) is 14.2 Å². The molecule has 1 aromatic carbocycles. The predicted molar refractivity (Wildman–Crippen MR) is 117 cm³/mol. The Kier molecular flexibility index (Phi) is 7.29. The molecule has 1 aliphatic heterocycles. The van der Waals surface area contributed by atoms with Crippen molar-refractivity contribution in [2.45, 2.75) is 26.3 Å². The second-order valence-electron chi connectivity index (χ2n) is 7.63. The highest BCUT2D eigenvalue weighted by atomic mass is 32.1. The summed E-state index contributed by atoms with van der Waals surface area (Å²) in [7, 11) is 3.21. The van der Waals surface area contributed by atoms with Crippen molar-refractivity contribution in [3.8, 4) is 28.1 Å². The normalized spacial score (nSPS) is 15.7. The molecule has 2 heterocycles. The minimum Gasteiger partial charge on any atom is -0.493 e. The molecule has 1 aromatic heterocycles.